The van der Waals surface area contributed by atoms with Crippen LogP contribution >= 0.6 is 15.9 Å². The monoisotopic (exact) mass is 258 g/mol. The van der Waals surface area contributed by atoms with E-state index in [2.05, 4.69) is 22.9 Å². The lowest BCUT2D eigenvalue weighted by atomic mass is 10.0. The molecule has 1 aromatic carbocycles. The third-order valence-corrected chi connectivity index (χ3v) is 3.59. The fourth-order valence-corrected chi connectivity index (χ4v) is 2.30. The summed E-state index contributed by atoms with van der Waals surface area (Å²) in [6, 6.07) is 4.73. The maximum Gasteiger partial charge on any atom is 0.137 e. The molecule has 1 nitrogen and oxygen atoms in total. The van der Waals surface area contributed by atoms with Gasteiger partial charge in [-0.2, -0.15) is 0 Å². The van der Waals surface area contributed by atoms with Gasteiger partial charge in [0.1, 0.15) is 5.82 Å². The molecule has 0 spiro atoms. The number of hydrogen-bond donors (Lipinski definition) is 1. The summed E-state index contributed by atoms with van der Waals surface area (Å²) in [6.45, 7) is 2.06. The van der Waals surface area contributed by atoms with Crippen molar-refractivity contribution in [1.82, 2.24) is 0 Å². The average molecular weight is 259 g/mol. The Balaban J connectivity index is 2.31. The molecule has 1 aliphatic carbocycles. The van der Waals surface area contributed by atoms with E-state index in [-0.39, 0.29) is 5.82 Å². The molecule has 1 saturated carbocycles. The molecule has 14 heavy (non-hydrogen) atoms. The predicted octanol–water partition coefficient (Wildman–Crippen LogP) is 3.21. The topological polar surface area (TPSA) is 20.2 Å². The van der Waals surface area contributed by atoms with Crippen LogP contribution in [0, 0.1) is 11.7 Å². The summed E-state index contributed by atoms with van der Waals surface area (Å²) in [5.74, 6) is 0.0471. The molecule has 1 fully saturated rings. The van der Waals surface area contributed by atoms with Gasteiger partial charge in [-0.05, 0) is 46.0 Å². The van der Waals surface area contributed by atoms with Crippen LogP contribution in [0.3, 0.4) is 0 Å². The van der Waals surface area contributed by atoms with Crippen LogP contribution < -0.4 is 0 Å². The lowest BCUT2D eigenvalue weighted by Crippen LogP contribution is -2.08. The zero-order chi connectivity index (χ0) is 10.3. The Kier molecular flexibility index (Phi) is 2.40. The Hall–Kier alpha value is -0.410. The first-order valence-electron chi connectivity index (χ1n) is 4.76. The van der Waals surface area contributed by atoms with Gasteiger partial charge in [0.05, 0.1) is 10.1 Å². The van der Waals surface area contributed by atoms with Crippen molar-refractivity contribution in [1.29, 1.82) is 0 Å². The third-order valence-electron chi connectivity index (χ3n) is 2.99. The number of halogens is 2. The largest absolute Gasteiger partial charge is 0.385 e. The molecule has 0 radical (unpaired) electrons. The van der Waals surface area contributed by atoms with Gasteiger partial charge in [0.15, 0.2) is 0 Å². The quantitative estimate of drug-likeness (QED) is 0.864. The second-order valence-electron chi connectivity index (χ2n) is 3.86. The zero-order valence-electron chi connectivity index (χ0n) is 7.93. The summed E-state index contributed by atoms with van der Waals surface area (Å²) < 4.78 is 13.4. The maximum absolute atomic E-state index is 13.0. The van der Waals surface area contributed by atoms with Crippen LogP contribution in [0.5, 0.6) is 0 Å². The maximum atomic E-state index is 13.0. The van der Waals surface area contributed by atoms with Gasteiger partial charge in [-0.3, -0.25) is 0 Å². The van der Waals surface area contributed by atoms with Crippen molar-refractivity contribution in [2.45, 2.75) is 25.4 Å². The summed E-state index contributed by atoms with van der Waals surface area (Å²) in [7, 11) is 0. The first-order valence-corrected chi connectivity index (χ1v) is 5.55. The Morgan fingerprint density at radius 3 is 2.86 bits per heavy atom. The molecular weight excluding hydrogens is 247 g/mol. The highest BCUT2D eigenvalue weighted by molar-refractivity contribution is 9.10. The number of aliphatic hydroxyl groups is 1. The van der Waals surface area contributed by atoms with Crippen LogP contribution in [0.4, 0.5) is 4.39 Å². The average Bonchev–Trinajstić information content (AvgIpc) is 2.83. The first kappa shape index (κ1) is 10.1. The molecular formula is C11H12BrFO. The van der Waals surface area contributed by atoms with Gasteiger partial charge in [-0.15, -0.1) is 0 Å². The van der Waals surface area contributed by atoms with Crippen LogP contribution in [0.1, 0.15) is 25.3 Å². The minimum Gasteiger partial charge on any atom is -0.385 e. The van der Waals surface area contributed by atoms with Crippen molar-refractivity contribution in [2.24, 2.45) is 5.92 Å². The van der Waals surface area contributed by atoms with Gasteiger partial charge < -0.3 is 5.11 Å². The van der Waals surface area contributed by atoms with Crippen molar-refractivity contribution in [3.63, 3.8) is 0 Å². The molecule has 2 atom stereocenters. The minimum atomic E-state index is -0.703. The van der Waals surface area contributed by atoms with Crippen molar-refractivity contribution in [3.05, 3.63) is 34.1 Å². The highest BCUT2D eigenvalue weighted by Gasteiger charge is 2.52. The van der Waals surface area contributed by atoms with E-state index in [1.54, 1.807) is 12.1 Å². The molecule has 1 aromatic rings. The third kappa shape index (κ3) is 1.48. The summed E-state index contributed by atoms with van der Waals surface area (Å²) in [4.78, 5) is 0. The van der Waals surface area contributed by atoms with Gasteiger partial charge in [0.25, 0.3) is 0 Å². The number of hydrogen-bond acceptors (Lipinski definition) is 1. The normalized spacial score (nSPS) is 30.4. The van der Waals surface area contributed by atoms with Crippen molar-refractivity contribution >= 4 is 15.9 Å². The number of rotatable bonds is 2. The summed E-state index contributed by atoms with van der Waals surface area (Å²) in [6.07, 6.45) is 1.76. The Labute approximate surface area is 91.1 Å². The van der Waals surface area contributed by atoms with E-state index in [9.17, 15) is 9.50 Å². The fraction of sp³-hybridized carbons (Fsp3) is 0.455. The molecule has 0 saturated heterocycles. The van der Waals surface area contributed by atoms with Crippen molar-refractivity contribution in [3.8, 4) is 0 Å². The second kappa shape index (κ2) is 3.31. The molecule has 76 valence electrons. The van der Waals surface area contributed by atoms with Gasteiger partial charge in [0, 0.05) is 0 Å². The summed E-state index contributed by atoms with van der Waals surface area (Å²) >= 11 is 3.12. The van der Waals surface area contributed by atoms with E-state index in [0.717, 1.165) is 18.4 Å². The second-order valence-corrected chi connectivity index (χ2v) is 4.72. The summed E-state index contributed by atoms with van der Waals surface area (Å²) in [5, 5.41) is 10.1. The summed E-state index contributed by atoms with van der Waals surface area (Å²) in [5.41, 5.74) is 0.114. The van der Waals surface area contributed by atoms with Gasteiger partial charge in [-0.25, -0.2) is 4.39 Å². The Morgan fingerprint density at radius 1 is 1.64 bits per heavy atom. The van der Waals surface area contributed by atoms with E-state index < -0.39 is 5.60 Å². The smallest absolute Gasteiger partial charge is 0.137 e. The molecule has 0 aromatic heterocycles. The van der Waals surface area contributed by atoms with E-state index >= 15 is 0 Å². The highest BCUT2D eigenvalue weighted by Crippen LogP contribution is 2.53. The molecule has 1 N–H and O–H groups in total. The highest BCUT2D eigenvalue weighted by atomic mass is 79.9. The van der Waals surface area contributed by atoms with Crippen LogP contribution in [0.2, 0.25) is 0 Å². The van der Waals surface area contributed by atoms with Crippen molar-refractivity contribution in [2.75, 3.05) is 0 Å². The molecule has 0 heterocycles. The lowest BCUT2D eigenvalue weighted by Gasteiger charge is -2.10. The van der Waals surface area contributed by atoms with E-state index in [1.165, 1.54) is 6.07 Å². The van der Waals surface area contributed by atoms with Crippen LogP contribution in [0.25, 0.3) is 0 Å². The molecule has 0 aliphatic heterocycles. The van der Waals surface area contributed by atoms with Gasteiger partial charge in [-0.1, -0.05) is 19.4 Å². The molecule has 0 amide bonds. The Bertz CT molecular complexity index is 366. The van der Waals surface area contributed by atoms with Gasteiger partial charge >= 0.3 is 0 Å². The Morgan fingerprint density at radius 2 is 2.36 bits per heavy atom. The lowest BCUT2D eigenvalue weighted by molar-refractivity contribution is 0.130. The van der Waals surface area contributed by atoms with Crippen LogP contribution in [-0.4, -0.2) is 5.11 Å². The number of benzene rings is 1. The van der Waals surface area contributed by atoms with E-state index in [4.69, 9.17) is 0 Å². The minimum absolute atomic E-state index is 0.286. The van der Waals surface area contributed by atoms with E-state index in [1.807, 2.05) is 0 Å². The predicted molar refractivity (Wildman–Crippen MR) is 56.4 cm³/mol. The van der Waals surface area contributed by atoms with Crippen molar-refractivity contribution < 1.29 is 9.50 Å². The molecule has 2 rings (SSSR count). The van der Waals surface area contributed by atoms with E-state index in [0.29, 0.717) is 10.4 Å². The van der Waals surface area contributed by atoms with Crippen LogP contribution in [0.15, 0.2) is 22.7 Å². The SMILES string of the molecule is CCC1CC1(O)c1ccc(F)c(Br)c1. The molecule has 1 aliphatic rings. The molecule has 3 heteroatoms. The molecule has 0 bridgehead atoms. The zero-order valence-corrected chi connectivity index (χ0v) is 9.51. The van der Waals surface area contributed by atoms with Gasteiger partial charge in [0.2, 0.25) is 0 Å². The molecule has 2 unspecified atom stereocenters. The standard InChI is InChI=1S/C11H12BrFO/c1-2-7-6-11(7,14)8-3-4-10(13)9(12)5-8/h3-5,7,14H,2,6H2,1H3. The van der Waals surface area contributed by atoms with Crippen LogP contribution in [-0.2, 0) is 5.60 Å². The fourth-order valence-electron chi connectivity index (χ4n) is 1.92. The first-order chi connectivity index (χ1) is 6.58.